The van der Waals surface area contributed by atoms with Gasteiger partial charge in [-0.2, -0.15) is 0 Å². The van der Waals surface area contributed by atoms with Crippen molar-refractivity contribution in [1.29, 1.82) is 0 Å². The number of rotatable bonds is 7. The van der Waals surface area contributed by atoms with Gasteiger partial charge < -0.3 is 11.1 Å². The number of nitrogens with zero attached hydrogens (tertiary/aromatic N) is 1. The van der Waals surface area contributed by atoms with Crippen molar-refractivity contribution in [3.05, 3.63) is 0 Å². The van der Waals surface area contributed by atoms with Gasteiger partial charge in [0.25, 0.3) is 0 Å². The number of carbonyl (C=O) groups is 1. The summed E-state index contributed by atoms with van der Waals surface area (Å²) in [5.74, 6) is 0.0824. The second-order valence-corrected chi connectivity index (χ2v) is 5.52. The Balaban J connectivity index is 4.55. The zero-order valence-electron chi connectivity index (χ0n) is 12.2. The minimum Gasteiger partial charge on any atom is -0.350 e. The van der Waals surface area contributed by atoms with Crippen molar-refractivity contribution in [2.45, 2.75) is 65.6 Å². The number of carbonyl (C=O) groups excluding carboxylic acids is 1. The molecule has 0 saturated heterocycles. The van der Waals surface area contributed by atoms with Crippen molar-refractivity contribution >= 4 is 5.91 Å². The Morgan fingerprint density at radius 3 is 2.24 bits per heavy atom. The first-order valence-electron chi connectivity index (χ1n) is 6.53. The normalized spacial score (nSPS) is 14.2. The number of hydrogen-bond acceptors (Lipinski definition) is 3. The molecule has 0 radical (unpaired) electrons. The van der Waals surface area contributed by atoms with Crippen molar-refractivity contribution in [1.82, 2.24) is 10.2 Å². The summed E-state index contributed by atoms with van der Waals surface area (Å²) < 4.78 is 0. The molecule has 1 atom stereocenters. The number of hydrogen-bond donors (Lipinski definition) is 2. The van der Waals surface area contributed by atoms with E-state index in [4.69, 9.17) is 5.73 Å². The van der Waals surface area contributed by atoms with Crippen molar-refractivity contribution in [2.24, 2.45) is 5.73 Å². The topological polar surface area (TPSA) is 58.4 Å². The lowest BCUT2D eigenvalue weighted by atomic mass is 10.0. The average molecular weight is 243 g/mol. The molecule has 0 fully saturated rings. The molecule has 102 valence electrons. The predicted molar refractivity (Wildman–Crippen MR) is 72.9 cm³/mol. The van der Waals surface area contributed by atoms with E-state index in [1.807, 2.05) is 20.8 Å². The Morgan fingerprint density at radius 1 is 1.35 bits per heavy atom. The zero-order chi connectivity index (χ0) is 13.6. The third kappa shape index (κ3) is 5.50. The van der Waals surface area contributed by atoms with Crippen LogP contribution in [0.15, 0.2) is 0 Å². The summed E-state index contributed by atoms with van der Waals surface area (Å²) in [6, 6.07) is 0.188. The van der Waals surface area contributed by atoms with E-state index < -0.39 is 0 Å². The van der Waals surface area contributed by atoms with E-state index in [2.05, 4.69) is 31.0 Å². The lowest BCUT2D eigenvalue weighted by Gasteiger charge is -2.34. The van der Waals surface area contributed by atoms with Gasteiger partial charge in [-0.3, -0.25) is 9.69 Å². The van der Waals surface area contributed by atoms with Crippen LogP contribution >= 0.6 is 0 Å². The fourth-order valence-corrected chi connectivity index (χ4v) is 1.73. The fraction of sp³-hybridized carbons (Fsp3) is 0.923. The van der Waals surface area contributed by atoms with Crippen molar-refractivity contribution in [3.63, 3.8) is 0 Å². The van der Waals surface area contributed by atoms with Crippen molar-refractivity contribution in [3.8, 4) is 0 Å². The quantitative estimate of drug-likeness (QED) is 0.709. The molecule has 0 bridgehead atoms. The molecule has 0 rings (SSSR count). The second kappa shape index (κ2) is 6.97. The van der Waals surface area contributed by atoms with Gasteiger partial charge in [-0.15, -0.1) is 0 Å². The maximum absolute atomic E-state index is 12.1. The van der Waals surface area contributed by atoms with Crippen LogP contribution in [0.1, 0.15) is 48.0 Å². The van der Waals surface area contributed by atoms with E-state index >= 15 is 0 Å². The molecule has 3 N–H and O–H groups in total. The van der Waals surface area contributed by atoms with Gasteiger partial charge in [-0.05, 0) is 41.0 Å². The molecule has 0 aromatic rings. The molecule has 0 aliphatic carbocycles. The predicted octanol–water partition coefficient (Wildman–Crippen LogP) is 1.35. The Labute approximate surface area is 106 Å². The van der Waals surface area contributed by atoms with Crippen LogP contribution in [-0.4, -0.2) is 41.5 Å². The number of nitrogens with one attached hydrogen (secondary N) is 1. The van der Waals surface area contributed by atoms with Gasteiger partial charge in [0.1, 0.15) is 0 Å². The molecule has 0 aliphatic heterocycles. The van der Waals surface area contributed by atoms with Crippen LogP contribution in [0.5, 0.6) is 0 Å². The minimum absolute atomic E-state index is 0.0824. The van der Waals surface area contributed by atoms with E-state index in [0.29, 0.717) is 12.6 Å². The summed E-state index contributed by atoms with van der Waals surface area (Å²) in [6.07, 6.45) is 0.921. The van der Waals surface area contributed by atoms with Crippen LogP contribution < -0.4 is 11.1 Å². The average Bonchev–Trinajstić information content (AvgIpc) is 2.24. The van der Waals surface area contributed by atoms with Crippen LogP contribution in [0.4, 0.5) is 0 Å². The highest BCUT2D eigenvalue weighted by molar-refractivity contribution is 5.82. The third-order valence-electron chi connectivity index (χ3n) is 3.27. The molecule has 0 saturated carbocycles. The Kier molecular flexibility index (Phi) is 6.72. The van der Waals surface area contributed by atoms with Crippen molar-refractivity contribution < 1.29 is 4.79 Å². The lowest BCUT2D eigenvalue weighted by molar-refractivity contribution is -0.128. The summed E-state index contributed by atoms with van der Waals surface area (Å²) in [7, 11) is 0. The zero-order valence-corrected chi connectivity index (χ0v) is 12.2. The smallest absolute Gasteiger partial charge is 0.237 e. The van der Waals surface area contributed by atoms with Gasteiger partial charge in [0.2, 0.25) is 5.91 Å². The molecule has 0 aromatic carbocycles. The summed E-state index contributed by atoms with van der Waals surface area (Å²) in [5.41, 5.74) is 5.44. The standard InChI is InChI=1S/C13H29N3O/c1-7-13(5,6)15-12(17)11(4)16(9-8-14)10(2)3/h10-11H,7-9,14H2,1-6H3,(H,15,17). The molecular formula is C13H29N3O. The highest BCUT2D eigenvalue weighted by Crippen LogP contribution is 2.10. The molecule has 1 amide bonds. The van der Waals surface area contributed by atoms with Crippen LogP contribution in [0.25, 0.3) is 0 Å². The number of nitrogens with two attached hydrogens (primary N) is 1. The van der Waals surface area contributed by atoms with Gasteiger partial charge >= 0.3 is 0 Å². The van der Waals surface area contributed by atoms with Crippen molar-refractivity contribution in [2.75, 3.05) is 13.1 Å². The molecular weight excluding hydrogens is 214 g/mol. The minimum atomic E-state index is -0.142. The molecule has 4 nitrogen and oxygen atoms in total. The summed E-state index contributed by atoms with van der Waals surface area (Å²) >= 11 is 0. The van der Waals surface area contributed by atoms with E-state index in [9.17, 15) is 4.79 Å². The van der Waals surface area contributed by atoms with E-state index in [-0.39, 0.29) is 17.5 Å². The first kappa shape index (κ1) is 16.4. The Morgan fingerprint density at radius 2 is 1.88 bits per heavy atom. The van der Waals surface area contributed by atoms with Crippen LogP contribution in [0.2, 0.25) is 0 Å². The van der Waals surface area contributed by atoms with E-state index in [0.717, 1.165) is 13.0 Å². The van der Waals surface area contributed by atoms with Gasteiger partial charge in [0.05, 0.1) is 6.04 Å². The maximum Gasteiger partial charge on any atom is 0.237 e. The van der Waals surface area contributed by atoms with Gasteiger partial charge in [0, 0.05) is 24.7 Å². The molecule has 17 heavy (non-hydrogen) atoms. The summed E-state index contributed by atoms with van der Waals surface area (Å²) in [6.45, 7) is 13.6. The van der Waals surface area contributed by atoms with Crippen LogP contribution in [-0.2, 0) is 4.79 Å². The maximum atomic E-state index is 12.1. The fourth-order valence-electron chi connectivity index (χ4n) is 1.73. The van der Waals surface area contributed by atoms with Gasteiger partial charge in [0.15, 0.2) is 0 Å². The molecule has 0 aromatic heterocycles. The molecule has 1 unspecified atom stereocenters. The highest BCUT2D eigenvalue weighted by atomic mass is 16.2. The monoisotopic (exact) mass is 243 g/mol. The first-order chi connectivity index (χ1) is 7.75. The first-order valence-corrected chi connectivity index (χ1v) is 6.53. The Hall–Kier alpha value is -0.610. The molecule has 4 heteroatoms. The summed E-state index contributed by atoms with van der Waals surface area (Å²) in [4.78, 5) is 14.3. The molecule has 0 heterocycles. The summed E-state index contributed by atoms with van der Waals surface area (Å²) in [5, 5.41) is 3.08. The van der Waals surface area contributed by atoms with Gasteiger partial charge in [-0.1, -0.05) is 6.92 Å². The van der Waals surface area contributed by atoms with E-state index in [1.165, 1.54) is 0 Å². The molecule has 0 aliphatic rings. The number of amides is 1. The lowest BCUT2D eigenvalue weighted by Crippen LogP contribution is -2.54. The molecule has 0 spiro atoms. The van der Waals surface area contributed by atoms with E-state index in [1.54, 1.807) is 0 Å². The third-order valence-corrected chi connectivity index (χ3v) is 3.27. The Bertz CT molecular complexity index is 239. The van der Waals surface area contributed by atoms with Crippen LogP contribution in [0.3, 0.4) is 0 Å². The van der Waals surface area contributed by atoms with Crippen LogP contribution in [0, 0.1) is 0 Å². The second-order valence-electron chi connectivity index (χ2n) is 5.52. The largest absolute Gasteiger partial charge is 0.350 e. The SMILES string of the molecule is CCC(C)(C)NC(=O)C(C)N(CCN)C(C)C. The van der Waals surface area contributed by atoms with Gasteiger partial charge in [-0.25, -0.2) is 0 Å². The highest BCUT2D eigenvalue weighted by Gasteiger charge is 2.26.